The molecule has 0 saturated carbocycles. The van der Waals surface area contributed by atoms with Crippen LogP contribution in [0.4, 0.5) is 5.13 Å². The second-order valence-electron chi connectivity index (χ2n) is 5.13. The molecule has 1 N–H and O–H groups in total. The fraction of sp³-hybridized carbons (Fsp3) is 0.111. The number of nitrogens with zero attached hydrogens (tertiary/aromatic N) is 1. The molecule has 4 nitrogen and oxygen atoms in total. The molecule has 3 aromatic rings. The van der Waals surface area contributed by atoms with Crippen molar-refractivity contribution in [3.63, 3.8) is 0 Å². The normalized spacial score (nSPS) is 10.6. The number of anilines is 1. The number of benzene rings is 2. The van der Waals surface area contributed by atoms with Gasteiger partial charge in [0.2, 0.25) is 0 Å². The van der Waals surface area contributed by atoms with E-state index in [1.54, 1.807) is 13.2 Å². The Bertz CT molecular complexity index is 846. The summed E-state index contributed by atoms with van der Waals surface area (Å²) in [5.41, 5.74) is 3.45. The Kier molecular flexibility index (Phi) is 5.60. The number of thiazole rings is 1. The largest absolute Gasteiger partial charge is 0.380 e. The van der Waals surface area contributed by atoms with Crippen LogP contribution in [0.3, 0.4) is 0 Å². The van der Waals surface area contributed by atoms with Crippen molar-refractivity contribution in [3.8, 4) is 11.3 Å². The highest BCUT2D eigenvalue weighted by atomic mass is 127. The highest BCUT2D eigenvalue weighted by molar-refractivity contribution is 14.1. The van der Waals surface area contributed by atoms with Crippen molar-refractivity contribution in [2.24, 2.45) is 0 Å². The van der Waals surface area contributed by atoms with Gasteiger partial charge in [-0.3, -0.25) is 10.1 Å². The average molecular weight is 450 g/mol. The summed E-state index contributed by atoms with van der Waals surface area (Å²) in [5.74, 6) is -0.170. The Hall–Kier alpha value is -1.77. The predicted octanol–water partition coefficient (Wildman–Crippen LogP) is 4.81. The summed E-state index contributed by atoms with van der Waals surface area (Å²) in [4.78, 5) is 16.9. The third kappa shape index (κ3) is 4.19. The summed E-state index contributed by atoms with van der Waals surface area (Å²) in [6, 6.07) is 15.5. The molecule has 0 radical (unpaired) electrons. The van der Waals surface area contributed by atoms with E-state index in [9.17, 15) is 4.79 Å². The molecule has 6 heteroatoms. The molecule has 0 aliphatic carbocycles. The molecule has 0 unspecified atom stereocenters. The molecule has 0 bridgehead atoms. The number of methoxy groups -OCH3 is 1. The number of halogens is 1. The van der Waals surface area contributed by atoms with E-state index >= 15 is 0 Å². The van der Waals surface area contributed by atoms with Crippen LogP contribution in [0.15, 0.2) is 53.9 Å². The van der Waals surface area contributed by atoms with Gasteiger partial charge in [-0.15, -0.1) is 11.3 Å². The Balaban J connectivity index is 1.73. The number of carbonyl (C=O) groups excluding carboxylic acids is 1. The average Bonchev–Trinajstić information content (AvgIpc) is 3.04. The van der Waals surface area contributed by atoms with Gasteiger partial charge in [0.1, 0.15) is 0 Å². The van der Waals surface area contributed by atoms with Gasteiger partial charge in [0.05, 0.1) is 12.3 Å². The fourth-order valence-electron chi connectivity index (χ4n) is 2.22. The van der Waals surface area contributed by atoms with Gasteiger partial charge in [0, 0.05) is 27.2 Å². The first kappa shape index (κ1) is 17.1. The van der Waals surface area contributed by atoms with Gasteiger partial charge in [0.15, 0.2) is 5.13 Å². The lowest BCUT2D eigenvalue weighted by Crippen LogP contribution is -2.12. The SMILES string of the molecule is COCc1cccc(C(=O)Nc2nc(-c3ccc(I)cc3)cs2)c1. The molecule has 0 saturated heterocycles. The summed E-state index contributed by atoms with van der Waals surface area (Å²) >= 11 is 3.68. The minimum absolute atomic E-state index is 0.170. The van der Waals surface area contributed by atoms with Crippen LogP contribution in [0.5, 0.6) is 0 Å². The third-order valence-corrected chi connectivity index (χ3v) is 4.84. The second kappa shape index (κ2) is 7.87. The molecule has 0 aliphatic rings. The summed E-state index contributed by atoms with van der Waals surface area (Å²) in [6.07, 6.45) is 0. The van der Waals surface area contributed by atoms with E-state index in [2.05, 4.69) is 32.9 Å². The molecule has 0 atom stereocenters. The number of ether oxygens (including phenoxy) is 1. The van der Waals surface area contributed by atoms with Crippen LogP contribution in [0.1, 0.15) is 15.9 Å². The van der Waals surface area contributed by atoms with Crippen LogP contribution in [0.2, 0.25) is 0 Å². The third-order valence-electron chi connectivity index (χ3n) is 3.36. The number of nitrogens with one attached hydrogen (secondary N) is 1. The first-order valence-electron chi connectivity index (χ1n) is 7.26. The molecule has 24 heavy (non-hydrogen) atoms. The van der Waals surface area contributed by atoms with E-state index in [1.807, 2.05) is 47.8 Å². The Morgan fingerprint density at radius 2 is 2.04 bits per heavy atom. The van der Waals surface area contributed by atoms with E-state index in [0.29, 0.717) is 17.3 Å². The van der Waals surface area contributed by atoms with E-state index in [4.69, 9.17) is 4.74 Å². The standard InChI is InChI=1S/C18H15IN2O2S/c1-23-10-12-3-2-4-14(9-12)17(22)21-18-20-16(11-24-18)13-5-7-15(19)8-6-13/h2-9,11H,10H2,1H3,(H,20,21,22). The first-order valence-corrected chi connectivity index (χ1v) is 9.22. The molecule has 1 amide bonds. The zero-order valence-corrected chi connectivity index (χ0v) is 15.9. The molecule has 0 spiro atoms. The van der Waals surface area contributed by atoms with Crippen molar-refractivity contribution in [1.29, 1.82) is 0 Å². The van der Waals surface area contributed by atoms with Crippen molar-refractivity contribution in [2.75, 3.05) is 12.4 Å². The van der Waals surface area contributed by atoms with E-state index in [1.165, 1.54) is 14.9 Å². The number of carbonyl (C=O) groups is 1. The maximum atomic E-state index is 12.4. The van der Waals surface area contributed by atoms with Crippen LogP contribution in [0.25, 0.3) is 11.3 Å². The van der Waals surface area contributed by atoms with Crippen LogP contribution in [-0.2, 0) is 11.3 Å². The van der Waals surface area contributed by atoms with Gasteiger partial charge in [-0.2, -0.15) is 0 Å². The van der Waals surface area contributed by atoms with Crippen molar-refractivity contribution in [1.82, 2.24) is 4.98 Å². The number of aromatic nitrogens is 1. The predicted molar refractivity (Wildman–Crippen MR) is 105 cm³/mol. The minimum Gasteiger partial charge on any atom is -0.380 e. The lowest BCUT2D eigenvalue weighted by molar-refractivity contribution is 0.102. The van der Waals surface area contributed by atoms with Crippen LogP contribution >= 0.6 is 33.9 Å². The number of rotatable bonds is 5. The van der Waals surface area contributed by atoms with Crippen molar-refractivity contribution in [3.05, 3.63) is 68.6 Å². The van der Waals surface area contributed by atoms with Crippen LogP contribution < -0.4 is 5.32 Å². The van der Waals surface area contributed by atoms with Crippen LogP contribution in [-0.4, -0.2) is 18.0 Å². The lowest BCUT2D eigenvalue weighted by atomic mass is 10.1. The molecule has 1 heterocycles. The van der Waals surface area contributed by atoms with Gasteiger partial charge in [-0.1, -0.05) is 24.3 Å². The van der Waals surface area contributed by atoms with E-state index in [0.717, 1.165) is 16.8 Å². The molecular formula is C18H15IN2O2S. The van der Waals surface area contributed by atoms with Gasteiger partial charge >= 0.3 is 0 Å². The summed E-state index contributed by atoms with van der Waals surface area (Å²) in [6.45, 7) is 0.481. The van der Waals surface area contributed by atoms with Crippen molar-refractivity contribution < 1.29 is 9.53 Å². The van der Waals surface area contributed by atoms with Gasteiger partial charge in [-0.05, 0) is 52.4 Å². The van der Waals surface area contributed by atoms with Gasteiger partial charge < -0.3 is 4.74 Å². The molecular weight excluding hydrogens is 435 g/mol. The molecule has 0 fully saturated rings. The molecule has 1 aromatic heterocycles. The Morgan fingerprint density at radius 1 is 1.25 bits per heavy atom. The van der Waals surface area contributed by atoms with Crippen LogP contribution in [0, 0.1) is 3.57 Å². The minimum atomic E-state index is -0.170. The number of hydrogen-bond acceptors (Lipinski definition) is 4. The molecule has 122 valence electrons. The molecule has 0 aliphatic heterocycles. The summed E-state index contributed by atoms with van der Waals surface area (Å²) < 4.78 is 6.28. The number of hydrogen-bond donors (Lipinski definition) is 1. The molecule has 2 aromatic carbocycles. The Labute approximate surface area is 158 Å². The topological polar surface area (TPSA) is 51.2 Å². The molecule has 3 rings (SSSR count). The quantitative estimate of drug-likeness (QED) is 0.568. The van der Waals surface area contributed by atoms with Crippen molar-refractivity contribution >= 4 is 45.0 Å². The fourth-order valence-corrected chi connectivity index (χ4v) is 3.30. The van der Waals surface area contributed by atoms with Gasteiger partial charge in [0.25, 0.3) is 5.91 Å². The second-order valence-corrected chi connectivity index (χ2v) is 7.24. The zero-order chi connectivity index (χ0) is 16.9. The smallest absolute Gasteiger partial charge is 0.257 e. The maximum Gasteiger partial charge on any atom is 0.257 e. The summed E-state index contributed by atoms with van der Waals surface area (Å²) in [7, 11) is 1.63. The van der Waals surface area contributed by atoms with E-state index in [-0.39, 0.29) is 5.91 Å². The number of amides is 1. The van der Waals surface area contributed by atoms with Gasteiger partial charge in [-0.25, -0.2) is 4.98 Å². The first-order chi connectivity index (χ1) is 11.7. The van der Waals surface area contributed by atoms with Crippen molar-refractivity contribution in [2.45, 2.75) is 6.61 Å². The highest BCUT2D eigenvalue weighted by Crippen LogP contribution is 2.25. The maximum absolute atomic E-state index is 12.4. The zero-order valence-electron chi connectivity index (χ0n) is 13.0. The highest BCUT2D eigenvalue weighted by Gasteiger charge is 2.10. The summed E-state index contributed by atoms with van der Waals surface area (Å²) in [5, 5.41) is 5.39. The Morgan fingerprint density at radius 3 is 2.79 bits per heavy atom. The van der Waals surface area contributed by atoms with E-state index < -0.39 is 0 Å². The lowest BCUT2D eigenvalue weighted by Gasteiger charge is -2.04. The monoisotopic (exact) mass is 450 g/mol.